The van der Waals surface area contributed by atoms with Gasteiger partial charge in [-0.05, 0) is 36.6 Å². The molecule has 15 heavy (non-hydrogen) atoms. The second kappa shape index (κ2) is 4.19. The Hall–Kier alpha value is -1.09. The number of carbonyl (C=O) groups excluding carboxylic acids is 1. The van der Waals surface area contributed by atoms with Crippen molar-refractivity contribution in [3.8, 4) is 0 Å². The summed E-state index contributed by atoms with van der Waals surface area (Å²) in [6.45, 7) is 0. The van der Waals surface area contributed by atoms with Crippen LogP contribution in [0, 0.1) is 5.82 Å². The summed E-state index contributed by atoms with van der Waals surface area (Å²) in [7, 11) is 0. The lowest BCUT2D eigenvalue weighted by molar-refractivity contribution is -0.119. The number of halogens is 2. The fourth-order valence-corrected chi connectivity index (χ4v) is 2.09. The topological polar surface area (TPSA) is 29.1 Å². The second-order valence-electron chi connectivity index (χ2n) is 3.78. The summed E-state index contributed by atoms with van der Waals surface area (Å²) < 4.78 is 13.0. The third kappa shape index (κ3) is 2.69. The van der Waals surface area contributed by atoms with Gasteiger partial charge in [-0.15, -0.1) is 0 Å². The van der Waals surface area contributed by atoms with Gasteiger partial charge in [-0.25, -0.2) is 4.39 Å². The Morgan fingerprint density at radius 3 is 2.87 bits per heavy atom. The molecule has 2 nitrogen and oxygen atoms in total. The molecule has 0 saturated carbocycles. The SMILES string of the molecule is O=C1CCC(Cc2cc(F)cc(Cl)c2)N1. The summed E-state index contributed by atoms with van der Waals surface area (Å²) >= 11 is 5.74. The van der Waals surface area contributed by atoms with Gasteiger partial charge in [-0.1, -0.05) is 11.6 Å². The Labute approximate surface area is 92.4 Å². The summed E-state index contributed by atoms with van der Waals surface area (Å²) in [5, 5.41) is 3.23. The van der Waals surface area contributed by atoms with Gasteiger partial charge in [0, 0.05) is 17.5 Å². The normalized spacial score (nSPS) is 20.4. The predicted octanol–water partition coefficient (Wildman–Crippen LogP) is 2.30. The lowest BCUT2D eigenvalue weighted by Gasteiger charge is -2.09. The zero-order chi connectivity index (χ0) is 10.8. The molecule has 0 spiro atoms. The van der Waals surface area contributed by atoms with E-state index in [0.29, 0.717) is 17.9 Å². The lowest BCUT2D eigenvalue weighted by Crippen LogP contribution is -2.27. The van der Waals surface area contributed by atoms with E-state index in [-0.39, 0.29) is 17.8 Å². The van der Waals surface area contributed by atoms with Gasteiger partial charge < -0.3 is 5.32 Å². The van der Waals surface area contributed by atoms with Crippen LogP contribution in [0.15, 0.2) is 18.2 Å². The number of hydrogen-bond donors (Lipinski definition) is 1. The Balaban J connectivity index is 2.07. The smallest absolute Gasteiger partial charge is 0.220 e. The molecule has 2 rings (SSSR count). The van der Waals surface area contributed by atoms with E-state index in [2.05, 4.69) is 5.32 Å². The maximum absolute atomic E-state index is 13.0. The zero-order valence-corrected chi connectivity index (χ0v) is 8.85. The third-order valence-electron chi connectivity index (χ3n) is 2.49. The molecule has 0 radical (unpaired) electrons. The first-order chi connectivity index (χ1) is 7.13. The van der Waals surface area contributed by atoms with Crippen molar-refractivity contribution in [1.82, 2.24) is 5.32 Å². The van der Waals surface area contributed by atoms with Crippen LogP contribution in [0.5, 0.6) is 0 Å². The average Bonchev–Trinajstić information content (AvgIpc) is 2.49. The third-order valence-corrected chi connectivity index (χ3v) is 2.71. The van der Waals surface area contributed by atoms with Crippen LogP contribution in [0.4, 0.5) is 4.39 Å². The molecule has 0 aliphatic carbocycles. The molecule has 4 heteroatoms. The molecule has 1 aliphatic heterocycles. The van der Waals surface area contributed by atoms with E-state index in [4.69, 9.17) is 11.6 Å². The van der Waals surface area contributed by atoms with Crippen LogP contribution in [0.1, 0.15) is 18.4 Å². The van der Waals surface area contributed by atoms with Crippen LogP contribution in [0.3, 0.4) is 0 Å². The molecule has 1 heterocycles. The van der Waals surface area contributed by atoms with E-state index < -0.39 is 0 Å². The van der Waals surface area contributed by atoms with Crippen molar-refractivity contribution < 1.29 is 9.18 Å². The molecule has 1 N–H and O–H groups in total. The maximum atomic E-state index is 13.0. The largest absolute Gasteiger partial charge is 0.353 e. The quantitative estimate of drug-likeness (QED) is 0.825. The van der Waals surface area contributed by atoms with E-state index in [1.54, 1.807) is 6.07 Å². The first-order valence-electron chi connectivity index (χ1n) is 4.88. The Bertz CT molecular complexity index is 374. The van der Waals surface area contributed by atoms with Gasteiger partial charge in [0.25, 0.3) is 0 Å². The fraction of sp³-hybridized carbons (Fsp3) is 0.364. The highest BCUT2D eigenvalue weighted by molar-refractivity contribution is 6.30. The van der Waals surface area contributed by atoms with E-state index in [1.165, 1.54) is 12.1 Å². The van der Waals surface area contributed by atoms with Gasteiger partial charge in [-0.3, -0.25) is 4.79 Å². The fourth-order valence-electron chi connectivity index (χ4n) is 1.84. The van der Waals surface area contributed by atoms with Gasteiger partial charge in [0.1, 0.15) is 5.82 Å². The second-order valence-corrected chi connectivity index (χ2v) is 4.22. The van der Waals surface area contributed by atoms with Gasteiger partial charge in [0.2, 0.25) is 5.91 Å². The van der Waals surface area contributed by atoms with Crippen LogP contribution in [-0.4, -0.2) is 11.9 Å². The van der Waals surface area contributed by atoms with Crippen molar-refractivity contribution in [3.63, 3.8) is 0 Å². The van der Waals surface area contributed by atoms with Crippen molar-refractivity contribution in [1.29, 1.82) is 0 Å². The molecule has 1 atom stereocenters. The van der Waals surface area contributed by atoms with Crippen molar-refractivity contribution in [2.24, 2.45) is 0 Å². The number of amides is 1. The lowest BCUT2D eigenvalue weighted by atomic mass is 10.0. The highest BCUT2D eigenvalue weighted by atomic mass is 35.5. The maximum Gasteiger partial charge on any atom is 0.220 e. The van der Waals surface area contributed by atoms with Gasteiger partial charge in [-0.2, -0.15) is 0 Å². The number of nitrogens with one attached hydrogen (secondary N) is 1. The summed E-state index contributed by atoms with van der Waals surface area (Å²) in [5.74, 6) is -0.260. The molecule has 1 fully saturated rings. The highest BCUT2D eigenvalue weighted by Crippen LogP contribution is 2.18. The number of hydrogen-bond acceptors (Lipinski definition) is 1. The molecular formula is C11H11ClFNO. The minimum absolute atomic E-state index is 0.0718. The van der Waals surface area contributed by atoms with Crippen LogP contribution < -0.4 is 5.32 Å². The molecule has 1 aromatic carbocycles. The Morgan fingerprint density at radius 2 is 2.27 bits per heavy atom. The average molecular weight is 228 g/mol. The molecule has 1 saturated heterocycles. The summed E-state index contributed by atoms with van der Waals surface area (Å²) in [6.07, 6.45) is 2.02. The first kappa shape index (κ1) is 10.4. The molecular weight excluding hydrogens is 217 g/mol. The minimum atomic E-state index is -0.332. The number of carbonyl (C=O) groups is 1. The van der Waals surface area contributed by atoms with Crippen molar-refractivity contribution in [2.45, 2.75) is 25.3 Å². The van der Waals surface area contributed by atoms with Crippen molar-refractivity contribution in [3.05, 3.63) is 34.6 Å². The molecule has 0 aromatic heterocycles. The molecule has 1 aliphatic rings. The minimum Gasteiger partial charge on any atom is -0.353 e. The van der Waals surface area contributed by atoms with Crippen LogP contribution >= 0.6 is 11.6 Å². The van der Waals surface area contributed by atoms with Gasteiger partial charge in [0.05, 0.1) is 0 Å². The highest BCUT2D eigenvalue weighted by Gasteiger charge is 2.20. The zero-order valence-electron chi connectivity index (χ0n) is 8.09. The van der Waals surface area contributed by atoms with E-state index >= 15 is 0 Å². The molecule has 1 amide bonds. The number of rotatable bonds is 2. The molecule has 80 valence electrons. The van der Waals surface area contributed by atoms with Crippen molar-refractivity contribution >= 4 is 17.5 Å². The van der Waals surface area contributed by atoms with Gasteiger partial charge >= 0.3 is 0 Å². The van der Waals surface area contributed by atoms with E-state index in [9.17, 15) is 9.18 Å². The van der Waals surface area contributed by atoms with E-state index in [1.807, 2.05) is 0 Å². The monoisotopic (exact) mass is 227 g/mol. The van der Waals surface area contributed by atoms with Gasteiger partial charge in [0.15, 0.2) is 0 Å². The molecule has 1 aromatic rings. The summed E-state index contributed by atoms with van der Waals surface area (Å²) in [4.78, 5) is 11.0. The number of benzene rings is 1. The van der Waals surface area contributed by atoms with E-state index in [0.717, 1.165) is 12.0 Å². The Morgan fingerprint density at radius 1 is 1.47 bits per heavy atom. The Kier molecular flexibility index (Phi) is 2.91. The van der Waals surface area contributed by atoms with Crippen LogP contribution in [0.2, 0.25) is 5.02 Å². The first-order valence-corrected chi connectivity index (χ1v) is 5.25. The van der Waals surface area contributed by atoms with Crippen LogP contribution in [0.25, 0.3) is 0 Å². The standard InChI is InChI=1S/C11H11ClFNO/c12-8-3-7(4-9(13)6-8)5-10-1-2-11(15)14-10/h3-4,6,10H,1-2,5H2,(H,14,15). The summed E-state index contributed by atoms with van der Waals surface area (Å²) in [5.41, 5.74) is 0.826. The molecule has 0 bridgehead atoms. The summed E-state index contributed by atoms with van der Waals surface area (Å²) in [6, 6.07) is 4.58. The predicted molar refractivity (Wildman–Crippen MR) is 56.3 cm³/mol. The molecule has 1 unspecified atom stereocenters. The van der Waals surface area contributed by atoms with Crippen molar-refractivity contribution in [2.75, 3.05) is 0 Å². The van der Waals surface area contributed by atoms with Crippen LogP contribution in [-0.2, 0) is 11.2 Å².